The van der Waals surface area contributed by atoms with Gasteiger partial charge in [0, 0.05) is 18.2 Å². The predicted octanol–water partition coefficient (Wildman–Crippen LogP) is 2.82. The van der Waals surface area contributed by atoms with E-state index in [1.165, 1.54) is 26.0 Å². The van der Waals surface area contributed by atoms with E-state index >= 15 is 0 Å². The van der Waals surface area contributed by atoms with Crippen LogP contribution in [-0.2, 0) is 11.3 Å². The van der Waals surface area contributed by atoms with Crippen LogP contribution < -0.4 is 9.47 Å². The standard InChI is InChI=1S/C19H21NO5/c1-13(19(22)23)20(12-14-7-5-4-6-8-14)18(21)15-9-16(24-2)11-17(10-15)25-3/h4-11,13H,12H2,1-3H3,(H,22,23). The van der Waals surface area contributed by atoms with Gasteiger partial charge in [0.05, 0.1) is 14.2 Å². The molecule has 2 rings (SSSR count). The highest BCUT2D eigenvalue weighted by Gasteiger charge is 2.27. The minimum Gasteiger partial charge on any atom is -0.497 e. The van der Waals surface area contributed by atoms with Crippen molar-refractivity contribution in [2.75, 3.05) is 14.2 Å². The molecule has 0 radical (unpaired) electrons. The third-order valence-corrected chi connectivity index (χ3v) is 3.88. The SMILES string of the molecule is COc1cc(OC)cc(C(=O)N(Cc2ccccc2)C(C)C(=O)O)c1. The van der Waals surface area contributed by atoms with Crippen molar-refractivity contribution < 1.29 is 24.2 Å². The number of hydrogen-bond donors (Lipinski definition) is 1. The predicted molar refractivity (Wildman–Crippen MR) is 93.0 cm³/mol. The molecule has 0 aliphatic heterocycles. The van der Waals surface area contributed by atoms with Crippen LogP contribution in [0, 0.1) is 0 Å². The van der Waals surface area contributed by atoms with E-state index in [0.717, 1.165) is 5.56 Å². The lowest BCUT2D eigenvalue weighted by atomic mass is 10.1. The van der Waals surface area contributed by atoms with Crippen LogP contribution in [0.5, 0.6) is 11.5 Å². The summed E-state index contributed by atoms with van der Waals surface area (Å²) < 4.78 is 10.4. The van der Waals surface area contributed by atoms with E-state index in [4.69, 9.17) is 9.47 Å². The fourth-order valence-electron chi connectivity index (χ4n) is 2.39. The van der Waals surface area contributed by atoms with E-state index in [1.54, 1.807) is 18.2 Å². The Hall–Kier alpha value is -3.02. The maximum absolute atomic E-state index is 13.0. The molecule has 1 N–H and O–H groups in total. The van der Waals surface area contributed by atoms with Gasteiger partial charge in [0.25, 0.3) is 5.91 Å². The molecular formula is C19H21NO5. The Kier molecular flexibility index (Phi) is 6.00. The zero-order chi connectivity index (χ0) is 18.4. The molecule has 132 valence electrons. The molecule has 0 aromatic heterocycles. The van der Waals surface area contributed by atoms with Gasteiger partial charge in [-0.15, -0.1) is 0 Å². The smallest absolute Gasteiger partial charge is 0.326 e. The molecule has 0 bridgehead atoms. The average Bonchev–Trinajstić information content (AvgIpc) is 2.65. The Morgan fingerprint density at radius 3 is 2.08 bits per heavy atom. The molecule has 2 aromatic carbocycles. The number of amides is 1. The molecule has 0 saturated heterocycles. The Morgan fingerprint density at radius 2 is 1.60 bits per heavy atom. The molecule has 6 nitrogen and oxygen atoms in total. The summed E-state index contributed by atoms with van der Waals surface area (Å²) in [6.07, 6.45) is 0. The van der Waals surface area contributed by atoms with Gasteiger partial charge in [-0.25, -0.2) is 4.79 Å². The molecule has 25 heavy (non-hydrogen) atoms. The second kappa shape index (κ2) is 8.19. The molecule has 1 amide bonds. The number of hydrogen-bond acceptors (Lipinski definition) is 4. The average molecular weight is 343 g/mol. The number of rotatable bonds is 7. The van der Waals surface area contributed by atoms with Crippen molar-refractivity contribution in [1.29, 1.82) is 0 Å². The van der Waals surface area contributed by atoms with Crippen LogP contribution in [0.1, 0.15) is 22.8 Å². The van der Waals surface area contributed by atoms with E-state index in [2.05, 4.69) is 0 Å². The molecule has 0 heterocycles. The van der Waals surface area contributed by atoms with Crippen LogP contribution in [0.3, 0.4) is 0 Å². The number of nitrogens with zero attached hydrogens (tertiary/aromatic N) is 1. The first-order valence-corrected chi connectivity index (χ1v) is 7.77. The number of ether oxygens (including phenoxy) is 2. The van der Waals surface area contributed by atoms with Crippen LogP contribution in [0.2, 0.25) is 0 Å². The summed E-state index contributed by atoms with van der Waals surface area (Å²) >= 11 is 0. The second-order valence-corrected chi connectivity index (χ2v) is 5.53. The number of aliphatic carboxylic acids is 1. The first-order valence-electron chi connectivity index (χ1n) is 7.77. The highest BCUT2D eigenvalue weighted by molar-refractivity contribution is 5.97. The van der Waals surface area contributed by atoms with E-state index in [1.807, 2.05) is 30.3 Å². The van der Waals surface area contributed by atoms with Crippen molar-refractivity contribution >= 4 is 11.9 Å². The number of carbonyl (C=O) groups excluding carboxylic acids is 1. The lowest BCUT2D eigenvalue weighted by molar-refractivity contribution is -0.141. The summed E-state index contributed by atoms with van der Waals surface area (Å²) in [5, 5.41) is 9.38. The Bertz CT molecular complexity index is 722. The number of carboxylic acid groups (broad SMARTS) is 1. The summed E-state index contributed by atoms with van der Waals surface area (Å²) in [7, 11) is 2.98. The molecule has 1 unspecified atom stereocenters. The minimum atomic E-state index is -1.07. The van der Waals surface area contributed by atoms with Gasteiger partial charge in [-0.05, 0) is 24.6 Å². The van der Waals surface area contributed by atoms with Crippen LogP contribution >= 0.6 is 0 Å². The lowest BCUT2D eigenvalue weighted by Crippen LogP contribution is -2.42. The third-order valence-electron chi connectivity index (χ3n) is 3.88. The van der Waals surface area contributed by atoms with Gasteiger partial charge in [-0.1, -0.05) is 30.3 Å². The molecule has 1 atom stereocenters. The fourth-order valence-corrected chi connectivity index (χ4v) is 2.39. The van der Waals surface area contributed by atoms with Crippen molar-refractivity contribution in [3.05, 3.63) is 59.7 Å². The number of carboxylic acids is 1. The zero-order valence-corrected chi connectivity index (χ0v) is 14.4. The number of benzene rings is 2. The molecule has 0 saturated carbocycles. The van der Waals surface area contributed by atoms with Gasteiger partial charge in [0.15, 0.2) is 0 Å². The number of methoxy groups -OCH3 is 2. The van der Waals surface area contributed by atoms with Gasteiger partial charge in [-0.3, -0.25) is 4.79 Å². The van der Waals surface area contributed by atoms with Crippen LogP contribution in [0.15, 0.2) is 48.5 Å². The van der Waals surface area contributed by atoms with E-state index in [0.29, 0.717) is 17.1 Å². The molecular weight excluding hydrogens is 322 g/mol. The topological polar surface area (TPSA) is 76.1 Å². The first-order chi connectivity index (χ1) is 12.0. The fraction of sp³-hybridized carbons (Fsp3) is 0.263. The maximum atomic E-state index is 13.0. The van der Waals surface area contributed by atoms with Gasteiger partial charge in [0.1, 0.15) is 17.5 Å². The van der Waals surface area contributed by atoms with Gasteiger partial charge in [0.2, 0.25) is 0 Å². The summed E-state index contributed by atoms with van der Waals surface area (Å²) in [6, 6.07) is 13.1. The van der Waals surface area contributed by atoms with E-state index in [-0.39, 0.29) is 6.54 Å². The molecule has 0 aliphatic rings. The molecule has 6 heteroatoms. The summed E-state index contributed by atoms with van der Waals surface area (Å²) in [5.41, 5.74) is 1.15. The van der Waals surface area contributed by atoms with Crippen molar-refractivity contribution in [1.82, 2.24) is 4.90 Å². The monoisotopic (exact) mass is 343 g/mol. The van der Waals surface area contributed by atoms with E-state index in [9.17, 15) is 14.7 Å². The van der Waals surface area contributed by atoms with Crippen molar-refractivity contribution in [2.24, 2.45) is 0 Å². The van der Waals surface area contributed by atoms with Crippen LogP contribution in [0.25, 0.3) is 0 Å². The maximum Gasteiger partial charge on any atom is 0.326 e. The van der Waals surface area contributed by atoms with Gasteiger partial charge in [-0.2, -0.15) is 0 Å². The summed E-state index contributed by atoms with van der Waals surface area (Å²) in [6.45, 7) is 1.67. The molecule has 0 spiro atoms. The zero-order valence-electron chi connectivity index (χ0n) is 14.4. The van der Waals surface area contributed by atoms with Crippen molar-refractivity contribution in [2.45, 2.75) is 19.5 Å². The Labute approximate surface area is 146 Å². The molecule has 2 aromatic rings. The van der Waals surface area contributed by atoms with Gasteiger partial charge < -0.3 is 19.5 Å². The first kappa shape index (κ1) is 18.3. The summed E-state index contributed by atoms with van der Waals surface area (Å²) in [4.78, 5) is 25.8. The minimum absolute atomic E-state index is 0.187. The largest absolute Gasteiger partial charge is 0.497 e. The highest BCUT2D eigenvalue weighted by Crippen LogP contribution is 2.24. The Balaban J connectivity index is 2.39. The van der Waals surface area contributed by atoms with E-state index < -0.39 is 17.9 Å². The Morgan fingerprint density at radius 1 is 1.04 bits per heavy atom. The van der Waals surface area contributed by atoms with Crippen molar-refractivity contribution in [3.63, 3.8) is 0 Å². The molecule has 0 aliphatic carbocycles. The number of carbonyl (C=O) groups is 2. The highest BCUT2D eigenvalue weighted by atomic mass is 16.5. The third kappa shape index (κ3) is 4.50. The summed E-state index contributed by atoms with van der Waals surface area (Å²) in [5.74, 6) is -0.550. The second-order valence-electron chi connectivity index (χ2n) is 5.53. The quantitative estimate of drug-likeness (QED) is 0.836. The van der Waals surface area contributed by atoms with Gasteiger partial charge >= 0.3 is 5.97 Å². The van der Waals surface area contributed by atoms with Crippen LogP contribution in [0.4, 0.5) is 0 Å². The van der Waals surface area contributed by atoms with Crippen LogP contribution in [-0.4, -0.2) is 42.1 Å². The van der Waals surface area contributed by atoms with Crippen molar-refractivity contribution in [3.8, 4) is 11.5 Å². The molecule has 0 fully saturated rings. The normalized spacial score (nSPS) is 11.5. The lowest BCUT2D eigenvalue weighted by Gasteiger charge is -2.27.